The summed E-state index contributed by atoms with van der Waals surface area (Å²) in [6.45, 7) is 0. The molecular weight excluding hydrogens is 240 g/mol. The second-order valence-corrected chi connectivity index (χ2v) is 4.10. The van der Waals surface area contributed by atoms with Crippen LogP contribution >= 0.6 is 0 Å². The van der Waals surface area contributed by atoms with E-state index in [9.17, 15) is 4.79 Å². The number of amides is 1. The molecule has 1 aromatic carbocycles. The van der Waals surface area contributed by atoms with E-state index in [4.69, 9.17) is 4.74 Å². The summed E-state index contributed by atoms with van der Waals surface area (Å²) in [5, 5.41) is 2.81. The third kappa shape index (κ3) is 3.81. The molecule has 0 saturated heterocycles. The van der Waals surface area contributed by atoms with E-state index >= 15 is 0 Å². The normalized spacial score (nSPS) is 9.95. The van der Waals surface area contributed by atoms with Gasteiger partial charge in [-0.05, 0) is 30.2 Å². The number of pyridine rings is 1. The molecule has 1 N–H and O–H groups in total. The van der Waals surface area contributed by atoms with E-state index in [2.05, 4.69) is 10.3 Å². The van der Waals surface area contributed by atoms with E-state index < -0.39 is 0 Å². The van der Waals surface area contributed by atoms with Crippen LogP contribution in [-0.2, 0) is 11.2 Å². The first-order valence-corrected chi connectivity index (χ1v) is 6.11. The molecule has 19 heavy (non-hydrogen) atoms. The summed E-state index contributed by atoms with van der Waals surface area (Å²) in [5.74, 6) is 0.788. The quantitative estimate of drug-likeness (QED) is 0.894. The van der Waals surface area contributed by atoms with Gasteiger partial charge in [-0.2, -0.15) is 0 Å². The van der Waals surface area contributed by atoms with Crippen molar-refractivity contribution < 1.29 is 9.53 Å². The van der Waals surface area contributed by atoms with Crippen molar-refractivity contribution in [2.24, 2.45) is 0 Å². The highest BCUT2D eigenvalue weighted by atomic mass is 16.5. The number of hydrogen-bond donors (Lipinski definition) is 1. The Bertz CT molecular complexity index is 541. The van der Waals surface area contributed by atoms with Gasteiger partial charge in [-0.15, -0.1) is 0 Å². The minimum absolute atomic E-state index is 0.0288. The number of ether oxygens (including phenoxy) is 1. The predicted octanol–water partition coefficient (Wildman–Crippen LogP) is 2.66. The van der Waals surface area contributed by atoms with Gasteiger partial charge in [0.15, 0.2) is 0 Å². The van der Waals surface area contributed by atoms with Crippen molar-refractivity contribution in [1.29, 1.82) is 0 Å². The lowest BCUT2D eigenvalue weighted by atomic mass is 10.1. The van der Waals surface area contributed by atoms with Crippen LogP contribution in [0, 0.1) is 0 Å². The number of hydrogen-bond acceptors (Lipinski definition) is 3. The van der Waals surface area contributed by atoms with Gasteiger partial charge in [0.05, 0.1) is 19.0 Å². The number of carbonyl (C=O) groups excluding carboxylic acids is 1. The molecule has 98 valence electrons. The van der Waals surface area contributed by atoms with Gasteiger partial charge in [-0.1, -0.05) is 18.2 Å². The Labute approximate surface area is 112 Å². The van der Waals surface area contributed by atoms with Gasteiger partial charge in [0.25, 0.3) is 0 Å². The van der Waals surface area contributed by atoms with Gasteiger partial charge in [-0.25, -0.2) is 0 Å². The second kappa shape index (κ2) is 6.54. The average molecular weight is 256 g/mol. The first-order chi connectivity index (χ1) is 9.29. The van der Waals surface area contributed by atoms with Crippen molar-refractivity contribution >= 4 is 11.6 Å². The van der Waals surface area contributed by atoms with E-state index in [-0.39, 0.29) is 5.91 Å². The summed E-state index contributed by atoms with van der Waals surface area (Å²) in [4.78, 5) is 15.8. The highest BCUT2D eigenvalue weighted by Crippen LogP contribution is 2.19. The van der Waals surface area contributed by atoms with Gasteiger partial charge in [-0.3, -0.25) is 9.78 Å². The van der Waals surface area contributed by atoms with Crippen molar-refractivity contribution in [2.45, 2.75) is 12.8 Å². The minimum Gasteiger partial charge on any atom is -0.496 e. The van der Waals surface area contributed by atoms with Crippen molar-refractivity contribution in [1.82, 2.24) is 4.98 Å². The maximum atomic E-state index is 11.8. The summed E-state index contributed by atoms with van der Waals surface area (Å²) in [5.41, 5.74) is 1.75. The molecule has 1 heterocycles. The molecular formula is C15H16N2O2. The topological polar surface area (TPSA) is 51.2 Å². The summed E-state index contributed by atoms with van der Waals surface area (Å²) in [6, 6.07) is 11.3. The second-order valence-electron chi connectivity index (χ2n) is 4.10. The number of methoxy groups -OCH3 is 1. The predicted molar refractivity (Wildman–Crippen MR) is 74.2 cm³/mol. The van der Waals surface area contributed by atoms with Crippen LogP contribution in [0.5, 0.6) is 5.75 Å². The molecule has 0 aliphatic heterocycles. The SMILES string of the molecule is COc1ccccc1CCC(=O)Nc1cccnc1. The van der Waals surface area contributed by atoms with E-state index in [1.54, 1.807) is 25.6 Å². The third-order valence-electron chi connectivity index (χ3n) is 2.76. The molecule has 0 atom stereocenters. The number of carbonyl (C=O) groups is 1. The molecule has 0 aliphatic carbocycles. The molecule has 0 bridgehead atoms. The fraction of sp³-hybridized carbons (Fsp3) is 0.200. The Balaban J connectivity index is 1.90. The lowest BCUT2D eigenvalue weighted by Gasteiger charge is -2.08. The van der Waals surface area contributed by atoms with Crippen molar-refractivity contribution in [2.75, 3.05) is 12.4 Å². The third-order valence-corrected chi connectivity index (χ3v) is 2.76. The fourth-order valence-electron chi connectivity index (χ4n) is 1.82. The number of rotatable bonds is 5. The molecule has 4 heteroatoms. The van der Waals surface area contributed by atoms with E-state index in [1.165, 1.54) is 0 Å². The van der Waals surface area contributed by atoms with Crippen LogP contribution in [0.25, 0.3) is 0 Å². The number of anilines is 1. The van der Waals surface area contributed by atoms with E-state index in [1.807, 2.05) is 30.3 Å². The van der Waals surface area contributed by atoms with Gasteiger partial charge in [0.2, 0.25) is 5.91 Å². The maximum absolute atomic E-state index is 11.8. The number of nitrogens with one attached hydrogen (secondary N) is 1. The molecule has 0 fully saturated rings. The van der Waals surface area contributed by atoms with Crippen molar-refractivity contribution in [3.8, 4) is 5.75 Å². The maximum Gasteiger partial charge on any atom is 0.224 e. The molecule has 0 unspecified atom stereocenters. The molecule has 2 aromatic rings. The number of aromatic nitrogens is 1. The van der Waals surface area contributed by atoms with Gasteiger partial charge >= 0.3 is 0 Å². The highest BCUT2D eigenvalue weighted by Gasteiger charge is 2.06. The van der Waals surface area contributed by atoms with Crippen LogP contribution in [-0.4, -0.2) is 18.0 Å². The zero-order valence-electron chi connectivity index (χ0n) is 10.8. The summed E-state index contributed by atoms with van der Waals surface area (Å²) in [6.07, 6.45) is 4.36. The molecule has 1 aromatic heterocycles. The molecule has 1 amide bonds. The molecule has 2 rings (SSSR count). The van der Waals surface area contributed by atoms with Crippen LogP contribution in [0.3, 0.4) is 0 Å². The summed E-state index contributed by atoms with van der Waals surface area (Å²) in [7, 11) is 1.63. The Morgan fingerprint density at radius 1 is 1.26 bits per heavy atom. The first kappa shape index (κ1) is 13.1. The van der Waals surface area contributed by atoms with Crippen molar-refractivity contribution in [3.05, 3.63) is 54.4 Å². The standard InChI is InChI=1S/C15H16N2O2/c1-19-14-7-3-2-5-12(14)8-9-15(18)17-13-6-4-10-16-11-13/h2-7,10-11H,8-9H2,1H3,(H,17,18). The van der Waals surface area contributed by atoms with Gasteiger partial charge < -0.3 is 10.1 Å². The van der Waals surface area contributed by atoms with E-state index in [0.29, 0.717) is 18.5 Å². The fourth-order valence-corrected chi connectivity index (χ4v) is 1.82. The molecule has 0 aliphatic rings. The zero-order valence-corrected chi connectivity index (χ0v) is 10.8. The Hall–Kier alpha value is -2.36. The smallest absolute Gasteiger partial charge is 0.224 e. The number of para-hydroxylation sites is 1. The number of aryl methyl sites for hydroxylation is 1. The molecule has 4 nitrogen and oxygen atoms in total. The monoisotopic (exact) mass is 256 g/mol. The van der Waals surface area contributed by atoms with Crippen LogP contribution in [0.15, 0.2) is 48.8 Å². The zero-order chi connectivity index (χ0) is 13.5. The summed E-state index contributed by atoms with van der Waals surface area (Å²) < 4.78 is 5.25. The van der Waals surface area contributed by atoms with Crippen LogP contribution < -0.4 is 10.1 Å². The molecule has 0 radical (unpaired) electrons. The Kier molecular flexibility index (Phi) is 4.50. The van der Waals surface area contributed by atoms with Crippen molar-refractivity contribution in [3.63, 3.8) is 0 Å². The van der Waals surface area contributed by atoms with Crippen LogP contribution in [0.2, 0.25) is 0 Å². The van der Waals surface area contributed by atoms with Gasteiger partial charge in [0, 0.05) is 12.6 Å². The Morgan fingerprint density at radius 3 is 2.84 bits per heavy atom. The molecule has 0 saturated carbocycles. The van der Waals surface area contributed by atoms with Crippen LogP contribution in [0.1, 0.15) is 12.0 Å². The Morgan fingerprint density at radius 2 is 2.11 bits per heavy atom. The van der Waals surface area contributed by atoms with Crippen LogP contribution in [0.4, 0.5) is 5.69 Å². The van der Waals surface area contributed by atoms with Gasteiger partial charge in [0.1, 0.15) is 5.75 Å². The minimum atomic E-state index is -0.0288. The average Bonchev–Trinajstić information content (AvgIpc) is 2.46. The highest BCUT2D eigenvalue weighted by molar-refractivity contribution is 5.90. The lowest BCUT2D eigenvalue weighted by molar-refractivity contribution is -0.116. The van der Waals surface area contributed by atoms with E-state index in [0.717, 1.165) is 11.3 Å². The largest absolute Gasteiger partial charge is 0.496 e. The number of nitrogens with zero attached hydrogens (tertiary/aromatic N) is 1. The lowest BCUT2D eigenvalue weighted by Crippen LogP contribution is -2.12. The summed E-state index contributed by atoms with van der Waals surface area (Å²) >= 11 is 0. The number of benzene rings is 1. The molecule has 0 spiro atoms. The first-order valence-electron chi connectivity index (χ1n) is 6.11.